The van der Waals surface area contributed by atoms with Crippen molar-refractivity contribution in [3.05, 3.63) is 310 Å². The highest BCUT2D eigenvalue weighted by Gasteiger charge is 2.23. The highest BCUT2D eigenvalue weighted by Crippen LogP contribution is 2.32. The number of benzene rings is 8. The first kappa shape index (κ1) is 72.0. The number of aromatic nitrogens is 16. The summed E-state index contributed by atoms with van der Waals surface area (Å²) in [4.78, 5) is 48.3. The van der Waals surface area contributed by atoms with Gasteiger partial charge in [0.1, 0.15) is 64.9 Å². The largest absolute Gasteiger partial charge is 0.380 e. The van der Waals surface area contributed by atoms with Crippen LogP contribution in [-0.4, -0.2) is 102 Å². The van der Waals surface area contributed by atoms with Crippen LogP contribution in [0, 0.1) is 51.0 Å². The number of para-hydroxylation sites is 4. The average molecular weight is 1520 g/mol. The molecule has 0 radical (unpaired) electrons. The lowest BCUT2D eigenvalue weighted by Gasteiger charge is -2.13. The number of nitrogens with one attached hydrogen (secondary N) is 8. The molecule has 8 aromatic carbocycles. The molecule has 0 amide bonds. The van der Waals surface area contributed by atoms with Gasteiger partial charge in [0.05, 0.1) is 22.1 Å². The molecule has 24 nitrogen and oxygen atoms in total. The van der Waals surface area contributed by atoms with Gasteiger partial charge in [-0.3, -0.25) is 25.2 Å². The van der Waals surface area contributed by atoms with Gasteiger partial charge in [0, 0.05) is 74.1 Å². The molecule has 3 atom stereocenters. The smallest absolute Gasteiger partial charge is 0.230 e. The van der Waals surface area contributed by atoms with E-state index in [0.29, 0.717) is 90.9 Å². The Bertz CT molecular complexity index is 5280. The van der Waals surface area contributed by atoms with E-state index in [1.807, 2.05) is 143 Å². The number of aromatic amines is 4. The van der Waals surface area contributed by atoms with Gasteiger partial charge in [0.25, 0.3) is 0 Å². The van der Waals surface area contributed by atoms with Crippen LogP contribution in [0.25, 0.3) is 43.6 Å². The van der Waals surface area contributed by atoms with Gasteiger partial charge in [-0.25, -0.2) is 57.4 Å². The van der Waals surface area contributed by atoms with Gasteiger partial charge in [-0.2, -0.15) is 20.4 Å². The Kier molecular flexibility index (Phi) is 22.2. The maximum absolute atomic E-state index is 13.1. The molecule has 11 N–H and O–H groups in total. The molecule has 0 spiro atoms. The topological polar surface area (TPSA) is 344 Å². The molecule has 0 saturated heterocycles. The van der Waals surface area contributed by atoms with Crippen molar-refractivity contribution in [2.75, 3.05) is 21.3 Å². The number of H-pyrrole nitrogens is 4. The van der Waals surface area contributed by atoms with Crippen molar-refractivity contribution in [2.45, 2.75) is 46.0 Å². The van der Waals surface area contributed by atoms with Gasteiger partial charge in [-0.15, -0.1) is 24.0 Å². The first-order valence-corrected chi connectivity index (χ1v) is 32.2. The first-order chi connectivity index (χ1) is 50.4. The molecule has 0 fully saturated rings. The Morgan fingerprint density at radius 3 is 0.848 bits per heavy atom. The fourth-order valence-corrected chi connectivity index (χ4v) is 10.7. The maximum atomic E-state index is 13.1. The quantitative estimate of drug-likeness (QED) is 0.0243. The Hall–Kier alpha value is -12.8. The van der Waals surface area contributed by atoms with Crippen LogP contribution in [0.1, 0.15) is 91.4 Å². The first-order valence-electron chi connectivity index (χ1n) is 32.2. The number of hydrogen-bond acceptors (Lipinski definition) is 20. The molecule has 105 heavy (non-hydrogen) atoms. The summed E-state index contributed by atoms with van der Waals surface area (Å²) in [7, 11) is 0. The summed E-state index contributed by atoms with van der Waals surface area (Å²) in [6.07, 6.45) is -3.20. The van der Waals surface area contributed by atoms with Crippen molar-refractivity contribution in [2.24, 2.45) is 0 Å². The third-order valence-electron chi connectivity index (χ3n) is 15.9. The highest BCUT2D eigenvalue weighted by atomic mass is 127. The number of carbonyl (C=O) groups excluding carboxylic acids is 1. The van der Waals surface area contributed by atoms with E-state index in [-0.39, 0.29) is 70.5 Å². The van der Waals surface area contributed by atoms with E-state index >= 15 is 0 Å². The molecule has 526 valence electrons. The van der Waals surface area contributed by atoms with E-state index in [4.69, 9.17) is 0 Å². The lowest BCUT2D eigenvalue weighted by molar-refractivity contribution is 0.102. The Labute approximate surface area is 612 Å². The second kappa shape index (κ2) is 32.4. The van der Waals surface area contributed by atoms with Crippen molar-refractivity contribution < 1.29 is 37.7 Å². The zero-order valence-electron chi connectivity index (χ0n) is 56.1. The van der Waals surface area contributed by atoms with Crippen LogP contribution in [0.15, 0.2) is 218 Å². The lowest BCUT2D eigenvalue weighted by Crippen LogP contribution is -2.09. The van der Waals surface area contributed by atoms with E-state index in [1.165, 1.54) is 97.1 Å². The predicted molar refractivity (Wildman–Crippen MR) is 401 cm³/mol. The molecule has 1 unspecified atom stereocenters. The summed E-state index contributed by atoms with van der Waals surface area (Å²) < 4.78 is 52.5. The molecular formula is C76H63F4IN20O4. The molecule has 0 aliphatic heterocycles. The minimum Gasteiger partial charge on any atom is -0.380 e. The highest BCUT2D eigenvalue weighted by molar-refractivity contribution is 14.0. The number of aliphatic hydroxyl groups is 3. The number of rotatable bonds is 16. The van der Waals surface area contributed by atoms with Gasteiger partial charge in [0.15, 0.2) is 40.7 Å². The predicted octanol–water partition coefficient (Wildman–Crippen LogP) is 15.3. The van der Waals surface area contributed by atoms with Crippen molar-refractivity contribution in [3.8, 4) is 0 Å². The summed E-state index contributed by atoms with van der Waals surface area (Å²) in [5.41, 5.74) is 8.21. The fourth-order valence-electron chi connectivity index (χ4n) is 10.7. The zero-order chi connectivity index (χ0) is 72.4. The van der Waals surface area contributed by atoms with Gasteiger partial charge < -0.3 is 36.6 Å². The molecule has 0 saturated carbocycles. The van der Waals surface area contributed by atoms with Crippen LogP contribution >= 0.6 is 24.0 Å². The van der Waals surface area contributed by atoms with Crippen molar-refractivity contribution in [1.82, 2.24) is 80.7 Å². The second-order valence-corrected chi connectivity index (χ2v) is 23.7. The molecule has 0 bridgehead atoms. The van der Waals surface area contributed by atoms with E-state index in [0.717, 1.165) is 44.3 Å². The minimum absolute atomic E-state index is 0. The second-order valence-electron chi connectivity index (χ2n) is 23.7. The maximum Gasteiger partial charge on any atom is 0.230 e. The Morgan fingerprint density at radius 1 is 0.333 bits per heavy atom. The Morgan fingerprint density at radius 2 is 0.581 bits per heavy atom. The molecule has 0 aliphatic rings. The van der Waals surface area contributed by atoms with E-state index in [2.05, 4.69) is 102 Å². The fraction of sp³-hybridized carbons (Fsp3) is 0.0921. The van der Waals surface area contributed by atoms with Crippen molar-refractivity contribution >= 4 is 120 Å². The SMILES string of the molecule is Cc1cc(Nc2nc(C(=O)c3ccc(F)cc3)nc3ccccc23)n[nH]1.Cc1cc(Nc2nc(C(O)c3ccc(F)cc3)nc3ccccc23)n[nH]1.Cc1cc(Nc2nc([C@@H](O)c3ccc(F)cc3)nc3ccccc23)n[nH]1.Cc1cc(Nc2nc([C@H](O)c3ccc(F)cc3)nc3ccccc23)n[nH]1.I. The van der Waals surface area contributed by atoms with Crippen LogP contribution in [0.2, 0.25) is 0 Å². The zero-order valence-corrected chi connectivity index (χ0v) is 58.4. The number of aliphatic hydroxyl groups excluding tert-OH is 3. The number of fused-ring (bicyclic) bond motifs is 4. The summed E-state index contributed by atoms with van der Waals surface area (Å²) in [6.45, 7) is 7.60. The molecule has 8 aromatic heterocycles. The molecule has 8 heterocycles. The van der Waals surface area contributed by atoms with Crippen LogP contribution in [-0.2, 0) is 0 Å². The van der Waals surface area contributed by atoms with Gasteiger partial charge in [-0.05, 0) is 154 Å². The number of carbonyl (C=O) groups is 1. The number of hydrogen-bond donors (Lipinski definition) is 11. The Balaban J connectivity index is 0.000000131. The number of aryl methyl sites for hydroxylation is 4. The standard InChI is InChI=1S/3C19H16FN5O.C19H14FN5O.HI/c4*1-11-10-16(25-24-11)22-18-14-4-2-3-5-15(14)21-19(23-18)17(26)12-6-8-13(20)9-7-12;/h3*2-10,17,26H,1H3,(H2,21,22,23,24,25);2-10H,1H3,(H2,21,22,23,24,25);1H/t2*17-;;;/m10.../s1. The van der Waals surface area contributed by atoms with Crippen LogP contribution < -0.4 is 21.3 Å². The number of anilines is 8. The van der Waals surface area contributed by atoms with Crippen molar-refractivity contribution in [1.29, 1.82) is 0 Å². The molecule has 16 rings (SSSR count). The molecule has 16 aromatic rings. The van der Waals surface area contributed by atoms with Crippen LogP contribution in [0.5, 0.6) is 0 Å². The summed E-state index contributed by atoms with van der Waals surface area (Å²) in [5.74, 6) is 3.38. The number of ketones is 1. The van der Waals surface area contributed by atoms with Crippen molar-refractivity contribution in [3.63, 3.8) is 0 Å². The lowest BCUT2D eigenvalue weighted by atomic mass is 10.1. The summed E-state index contributed by atoms with van der Waals surface area (Å²) in [6, 6.07) is 59.5. The molecule has 29 heteroatoms. The van der Waals surface area contributed by atoms with Gasteiger partial charge >= 0.3 is 0 Å². The molecule has 0 aliphatic carbocycles. The molecular weight excluding hydrogens is 1460 g/mol. The normalized spacial score (nSPS) is 11.8. The third-order valence-corrected chi connectivity index (χ3v) is 15.9. The van der Waals surface area contributed by atoms with E-state index < -0.39 is 24.1 Å². The van der Waals surface area contributed by atoms with Crippen LogP contribution in [0.4, 0.5) is 64.1 Å². The number of halogens is 5. The third kappa shape index (κ3) is 17.6. The summed E-state index contributed by atoms with van der Waals surface area (Å²) in [5, 5.41) is 75.8. The van der Waals surface area contributed by atoms with Gasteiger partial charge in [0.2, 0.25) is 11.6 Å². The average Bonchev–Trinajstić information content (AvgIpc) is 1.80. The van der Waals surface area contributed by atoms with E-state index in [9.17, 15) is 37.7 Å². The van der Waals surface area contributed by atoms with E-state index in [1.54, 1.807) is 6.07 Å². The monoisotopic (exact) mass is 1520 g/mol. The van der Waals surface area contributed by atoms with Crippen LogP contribution in [0.3, 0.4) is 0 Å². The summed E-state index contributed by atoms with van der Waals surface area (Å²) >= 11 is 0. The number of nitrogens with zero attached hydrogens (tertiary/aromatic N) is 12. The van der Waals surface area contributed by atoms with Gasteiger partial charge in [-0.1, -0.05) is 84.9 Å². The minimum atomic E-state index is -1.07.